The molecule has 0 saturated heterocycles. The van der Waals surface area contributed by atoms with Gasteiger partial charge in [0.1, 0.15) is 0 Å². The van der Waals surface area contributed by atoms with Crippen molar-refractivity contribution in [1.82, 2.24) is 5.32 Å². The number of hydrogen-bond acceptors (Lipinski definition) is 1. The molecule has 1 nitrogen and oxygen atoms in total. The maximum absolute atomic E-state index is 6.07. The molecule has 1 N–H and O–H groups in total. The third-order valence-corrected chi connectivity index (χ3v) is 3.58. The van der Waals surface area contributed by atoms with E-state index in [4.69, 9.17) is 34.8 Å². The second-order valence-corrected chi connectivity index (χ2v) is 4.70. The number of benzene rings is 1. The Kier molecular flexibility index (Phi) is 5.20. The van der Waals surface area contributed by atoms with Crippen LogP contribution in [-0.2, 0) is 6.54 Å². The molecule has 0 aliphatic carbocycles. The zero-order valence-electron chi connectivity index (χ0n) is 8.78. The lowest BCUT2D eigenvalue weighted by molar-refractivity contribution is 0.534. The lowest BCUT2D eigenvalue weighted by Gasteiger charge is -2.13. The molecule has 1 unspecified atom stereocenters. The van der Waals surface area contributed by atoms with Crippen LogP contribution in [0.3, 0.4) is 0 Å². The van der Waals surface area contributed by atoms with Gasteiger partial charge in [0, 0.05) is 23.2 Å². The van der Waals surface area contributed by atoms with E-state index in [0.29, 0.717) is 27.7 Å². The molecule has 15 heavy (non-hydrogen) atoms. The molecular weight excluding hydrogens is 252 g/mol. The average Bonchev–Trinajstić information content (AvgIpc) is 2.23. The van der Waals surface area contributed by atoms with Gasteiger partial charge < -0.3 is 5.32 Å². The van der Waals surface area contributed by atoms with Gasteiger partial charge >= 0.3 is 0 Å². The topological polar surface area (TPSA) is 12.0 Å². The predicted octanol–water partition coefficient (Wildman–Crippen LogP) is 4.53. The first-order valence-corrected chi connectivity index (χ1v) is 6.05. The molecule has 1 aromatic rings. The molecule has 0 bridgehead atoms. The minimum atomic E-state index is 0.441. The van der Waals surface area contributed by atoms with Crippen LogP contribution in [0.5, 0.6) is 0 Å². The highest BCUT2D eigenvalue weighted by atomic mass is 35.5. The normalized spacial score (nSPS) is 12.9. The van der Waals surface area contributed by atoms with Gasteiger partial charge in [-0.1, -0.05) is 41.7 Å². The summed E-state index contributed by atoms with van der Waals surface area (Å²) in [6.07, 6.45) is 1.07. The first kappa shape index (κ1) is 13.1. The van der Waals surface area contributed by atoms with Crippen molar-refractivity contribution in [2.45, 2.75) is 32.9 Å². The van der Waals surface area contributed by atoms with Crippen molar-refractivity contribution in [1.29, 1.82) is 0 Å². The van der Waals surface area contributed by atoms with Crippen LogP contribution in [0, 0.1) is 0 Å². The summed E-state index contributed by atoms with van der Waals surface area (Å²) in [5, 5.41) is 5.07. The van der Waals surface area contributed by atoms with E-state index >= 15 is 0 Å². The fraction of sp³-hybridized carbons (Fsp3) is 0.455. The maximum atomic E-state index is 6.07. The van der Waals surface area contributed by atoms with Crippen LogP contribution in [0.4, 0.5) is 0 Å². The second-order valence-electron chi connectivity index (χ2n) is 3.51. The molecule has 0 aromatic heterocycles. The minimum Gasteiger partial charge on any atom is -0.310 e. The maximum Gasteiger partial charge on any atom is 0.0652 e. The summed E-state index contributed by atoms with van der Waals surface area (Å²) >= 11 is 18.0. The molecule has 0 radical (unpaired) electrons. The number of halogens is 3. The van der Waals surface area contributed by atoms with Crippen molar-refractivity contribution in [2.75, 3.05) is 0 Å². The van der Waals surface area contributed by atoms with Gasteiger partial charge in [0.25, 0.3) is 0 Å². The standard InChI is InChI=1S/C11H14Cl3N/c1-3-7(2)15-6-8-9(12)4-5-10(13)11(8)14/h4-5,7,15H,3,6H2,1-2H3. The van der Waals surface area contributed by atoms with Crippen molar-refractivity contribution < 1.29 is 0 Å². The van der Waals surface area contributed by atoms with E-state index in [0.717, 1.165) is 12.0 Å². The zero-order chi connectivity index (χ0) is 11.4. The third-order valence-electron chi connectivity index (χ3n) is 2.38. The monoisotopic (exact) mass is 265 g/mol. The van der Waals surface area contributed by atoms with Crippen LogP contribution in [0.1, 0.15) is 25.8 Å². The predicted molar refractivity (Wildman–Crippen MR) is 68.1 cm³/mol. The van der Waals surface area contributed by atoms with E-state index in [-0.39, 0.29) is 0 Å². The van der Waals surface area contributed by atoms with E-state index in [2.05, 4.69) is 19.2 Å². The molecule has 0 saturated carbocycles. The van der Waals surface area contributed by atoms with Gasteiger partial charge in [0.05, 0.1) is 10.0 Å². The highest BCUT2D eigenvalue weighted by molar-refractivity contribution is 6.44. The van der Waals surface area contributed by atoms with Gasteiger partial charge in [-0.3, -0.25) is 0 Å². The second kappa shape index (κ2) is 5.95. The molecule has 0 spiro atoms. The van der Waals surface area contributed by atoms with Crippen molar-refractivity contribution in [3.8, 4) is 0 Å². The Balaban J connectivity index is 2.80. The largest absolute Gasteiger partial charge is 0.310 e. The molecule has 0 aliphatic rings. The molecule has 0 heterocycles. The summed E-state index contributed by atoms with van der Waals surface area (Å²) in [5.41, 5.74) is 0.867. The van der Waals surface area contributed by atoms with Crippen LogP contribution < -0.4 is 5.32 Å². The molecule has 1 aromatic carbocycles. The van der Waals surface area contributed by atoms with E-state index < -0.39 is 0 Å². The van der Waals surface area contributed by atoms with Crippen LogP contribution in [0.15, 0.2) is 12.1 Å². The lowest BCUT2D eigenvalue weighted by Crippen LogP contribution is -2.24. The summed E-state index contributed by atoms with van der Waals surface area (Å²) in [6, 6.07) is 3.92. The minimum absolute atomic E-state index is 0.441. The summed E-state index contributed by atoms with van der Waals surface area (Å²) < 4.78 is 0. The van der Waals surface area contributed by atoms with Crippen molar-refractivity contribution in [2.24, 2.45) is 0 Å². The Morgan fingerprint density at radius 2 is 1.80 bits per heavy atom. The summed E-state index contributed by atoms with van der Waals surface area (Å²) in [5.74, 6) is 0. The fourth-order valence-electron chi connectivity index (χ4n) is 1.15. The average molecular weight is 267 g/mol. The van der Waals surface area contributed by atoms with Crippen LogP contribution in [0.2, 0.25) is 15.1 Å². The van der Waals surface area contributed by atoms with Gasteiger partial charge in [-0.2, -0.15) is 0 Å². The van der Waals surface area contributed by atoms with Crippen LogP contribution in [-0.4, -0.2) is 6.04 Å². The quantitative estimate of drug-likeness (QED) is 0.789. The number of rotatable bonds is 4. The number of hydrogen-bond donors (Lipinski definition) is 1. The molecule has 4 heteroatoms. The summed E-state index contributed by atoms with van der Waals surface area (Å²) in [4.78, 5) is 0. The Hall–Kier alpha value is 0.0500. The lowest BCUT2D eigenvalue weighted by atomic mass is 10.2. The van der Waals surface area contributed by atoms with Gasteiger partial charge in [-0.25, -0.2) is 0 Å². The van der Waals surface area contributed by atoms with E-state index in [1.54, 1.807) is 12.1 Å². The van der Waals surface area contributed by atoms with E-state index in [1.165, 1.54) is 0 Å². The zero-order valence-corrected chi connectivity index (χ0v) is 11.0. The Morgan fingerprint density at radius 3 is 2.40 bits per heavy atom. The van der Waals surface area contributed by atoms with Gasteiger partial charge in [-0.15, -0.1) is 0 Å². The van der Waals surface area contributed by atoms with Crippen molar-refractivity contribution in [3.63, 3.8) is 0 Å². The Morgan fingerprint density at radius 1 is 1.20 bits per heavy atom. The number of nitrogens with one attached hydrogen (secondary N) is 1. The molecule has 0 aliphatic heterocycles. The molecule has 0 fully saturated rings. The smallest absolute Gasteiger partial charge is 0.0652 e. The molecule has 1 rings (SSSR count). The van der Waals surface area contributed by atoms with Crippen LogP contribution in [0.25, 0.3) is 0 Å². The van der Waals surface area contributed by atoms with E-state index in [1.807, 2.05) is 0 Å². The first-order chi connectivity index (χ1) is 7.06. The summed E-state index contributed by atoms with van der Waals surface area (Å²) in [6.45, 7) is 4.89. The molecule has 0 amide bonds. The highest BCUT2D eigenvalue weighted by Crippen LogP contribution is 2.31. The van der Waals surface area contributed by atoms with Crippen molar-refractivity contribution >= 4 is 34.8 Å². The summed E-state index contributed by atoms with van der Waals surface area (Å²) in [7, 11) is 0. The first-order valence-electron chi connectivity index (χ1n) is 4.92. The van der Waals surface area contributed by atoms with E-state index in [9.17, 15) is 0 Å². The van der Waals surface area contributed by atoms with Crippen LogP contribution >= 0.6 is 34.8 Å². The van der Waals surface area contributed by atoms with Gasteiger partial charge in [0.2, 0.25) is 0 Å². The van der Waals surface area contributed by atoms with Crippen molar-refractivity contribution in [3.05, 3.63) is 32.8 Å². The van der Waals surface area contributed by atoms with Gasteiger partial charge in [0.15, 0.2) is 0 Å². The molecular formula is C11H14Cl3N. The fourth-order valence-corrected chi connectivity index (χ4v) is 1.83. The molecule has 1 atom stereocenters. The molecule has 84 valence electrons. The highest BCUT2D eigenvalue weighted by Gasteiger charge is 2.09. The Labute approximate surface area is 106 Å². The SMILES string of the molecule is CCC(C)NCc1c(Cl)ccc(Cl)c1Cl. The Bertz CT molecular complexity index is 339. The third kappa shape index (κ3) is 3.53. The van der Waals surface area contributed by atoms with Gasteiger partial charge in [-0.05, 0) is 25.5 Å².